The van der Waals surface area contributed by atoms with Gasteiger partial charge in [0.1, 0.15) is 12.7 Å². The third kappa shape index (κ3) is 6.40. The Bertz CT molecular complexity index is 547. The lowest BCUT2D eigenvalue weighted by Crippen LogP contribution is -2.39. The molecule has 22 heavy (non-hydrogen) atoms. The average molecular weight is 386 g/mol. The Morgan fingerprint density at radius 1 is 1.23 bits per heavy atom. The van der Waals surface area contributed by atoms with Crippen LogP contribution in [0.5, 0.6) is 0 Å². The van der Waals surface area contributed by atoms with E-state index in [0.29, 0.717) is 0 Å². The third-order valence-corrected chi connectivity index (χ3v) is 5.91. The molecule has 0 aromatic rings. The molecule has 0 aromatic carbocycles. The Kier molecular flexibility index (Phi) is 6.13. The SMILES string of the molecule is CC1CC(O)C(F)(COP(=O)([O-])OP(=O)([O-])OP(=O)([O-])[O-])O1. The van der Waals surface area contributed by atoms with Crippen molar-refractivity contribution < 1.29 is 60.6 Å². The number of alkyl halides is 1. The largest absolute Gasteiger partial charge is 0.790 e. The van der Waals surface area contributed by atoms with Crippen LogP contribution in [0.4, 0.5) is 4.39 Å². The van der Waals surface area contributed by atoms with E-state index < -0.39 is 48.1 Å². The predicted molar refractivity (Wildman–Crippen MR) is 56.0 cm³/mol. The number of aliphatic hydroxyl groups excluding tert-OH is 1. The molecule has 12 nitrogen and oxygen atoms in total. The topological polar surface area (TPSA) is 201 Å². The lowest BCUT2D eigenvalue weighted by Gasteiger charge is -2.38. The van der Waals surface area contributed by atoms with Gasteiger partial charge in [-0.2, -0.15) is 0 Å². The van der Waals surface area contributed by atoms with Crippen molar-refractivity contribution in [1.29, 1.82) is 0 Å². The standard InChI is InChI=1S/C6H14FO12P3/c1-4-2-5(8)6(7,17-4)3-16-21(12,13)19-22(14,15)18-20(9,10)11/h4-5,8H,2-3H2,1H3,(H,12,13)(H,14,15)(H2,9,10,11)/p-4. The second-order valence-electron chi connectivity index (χ2n) is 4.24. The number of hydrogen-bond acceptors (Lipinski definition) is 12. The molecule has 0 spiro atoms. The van der Waals surface area contributed by atoms with Crippen molar-refractivity contribution in [3.63, 3.8) is 0 Å². The molecule has 0 aliphatic carbocycles. The van der Waals surface area contributed by atoms with Gasteiger partial charge in [-0.3, -0.25) is 13.4 Å². The average Bonchev–Trinajstić information content (AvgIpc) is 2.45. The molecule has 1 aliphatic heterocycles. The van der Waals surface area contributed by atoms with Crippen molar-refractivity contribution in [1.82, 2.24) is 0 Å². The van der Waals surface area contributed by atoms with Crippen molar-refractivity contribution in [2.24, 2.45) is 0 Å². The summed E-state index contributed by atoms with van der Waals surface area (Å²) in [4.78, 5) is 42.2. The molecule has 5 unspecified atom stereocenters. The summed E-state index contributed by atoms with van der Waals surface area (Å²) >= 11 is 0. The van der Waals surface area contributed by atoms with Crippen LogP contribution in [0, 0.1) is 0 Å². The molecule has 1 saturated heterocycles. The zero-order valence-electron chi connectivity index (χ0n) is 10.7. The van der Waals surface area contributed by atoms with Gasteiger partial charge in [-0.25, -0.2) is 8.70 Å². The maximum atomic E-state index is 14.0. The highest BCUT2D eigenvalue weighted by Gasteiger charge is 2.48. The van der Waals surface area contributed by atoms with E-state index in [0.717, 1.165) is 0 Å². The van der Waals surface area contributed by atoms with Crippen molar-refractivity contribution >= 4 is 23.5 Å². The van der Waals surface area contributed by atoms with Gasteiger partial charge in [0.2, 0.25) is 0 Å². The summed E-state index contributed by atoms with van der Waals surface area (Å²) < 4.78 is 60.6. The molecule has 0 aromatic heterocycles. The minimum Gasteiger partial charge on any atom is -0.790 e. The Labute approximate surface area is 123 Å². The third-order valence-electron chi connectivity index (χ3n) is 2.27. The van der Waals surface area contributed by atoms with Crippen LogP contribution < -0.4 is 19.6 Å². The number of rotatable bonds is 7. The van der Waals surface area contributed by atoms with Crippen LogP contribution in [0.3, 0.4) is 0 Å². The summed E-state index contributed by atoms with van der Waals surface area (Å²) in [5.41, 5.74) is 0. The molecule has 16 heteroatoms. The lowest BCUT2D eigenvalue weighted by atomic mass is 10.1. The fourth-order valence-corrected chi connectivity index (χ4v) is 4.40. The van der Waals surface area contributed by atoms with Gasteiger partial charge in [0.25, 0.3) is 21.5 Å². The van der Waals surface area contributed by atoms with Crippen LogP contribution in [0.1, 0.15) is 13.3 Å². The van der Waals surface area contributed by atoms with Crippen molar-refractivity contribution in [3.8, 4) is 0 Å². The Balaban J connectivity index is 2.67. The molecule has 1 rings (SSSR count). The van der Waals surface area contributed by atoms with Gasteiger partial charge < -0.3 is 38.5 Å². The number of aliphatic hydroxyl groups is 1. The normalized spacial score (nSPS) is 35.0. The molecule has 1 aliphatic rings. The molecular weight excluding hydrogens is 376 g/mol. The zero-order chi connectivity index (χ0) is 17.4. The van der Waals surface area contributed by atoms with Crippen LogP contribution in [0.2, 0.25) is 0 Å². The zero-order valence-corrected chi connectivity index (χ0v) is 13.4. The minimum absolute atomic E-state index is 0.178. The molecule has 5 atom stereocenters. The molecule has 0 saturated carbocycles. The fourth-order valence-electron chi connectivity index (χ4n) is 1.53. The predicted octanol–water partition coefficient (Wildman–Crippen LogP) is -2.36. The van der Waals surface area contributed by atoms with Gasteiger partial charge in [-0.15, -0.1) is 0 Å². The van der Waals surface area contributed by atoms with Crippen molar-refractivity contribution in [3.05, 3.63) is 0 Å². The first-order valence-electron chi connectivity index (χ1n) is 5.40. The Hall–Kier alpha value is 0.260. The molecule has 0 bridgehead atoms. The summed E-state index contributed by atoms with van der Waals surface area (Å²) in [7, 11) is -18.0. The smallest absolute Gasteiger partial charge is 0.278 e. The summed E-state index contributed by atoms with van der Waals surface area (Å²) in [6.07, 6.45) is -2.69. The van der Waals surface area contributed by atoms with Gasteiger partial charge in [0.15, 0.2) is 0 Å². The van der Waals surface area contributed by atoms with E-state index in [-0.39, 0.29) is 6.42 Å². The maximum Gasteiger partial charge on any atom is 0.278 e. The maximum absolute atomic E-state index is 14.0. The monoisotopic (exact) mass is 386 g/mol. The molecule has 132 valence electrons. The first kappa shape index (κ1) is 20.3. The van der Waals surface area contributed by atoms with Gasteiger partial charge in [-0.1, -0.05) is 0 Å². The van der Waals surface area contributed by atoms with E-state index in [4.69, 9.17) is 0 Å². The first-order valence-corrected chi connectivity index (χ1v) is 9.78. The highest BCUT2D eigenvalue weighted by Crippen LogP contribution is 2.60. The van der Waals surface area contributed by atoms with E-state index >= 15 is 0 Å². The van der Waals surface area contributed by atoms with E-state index in [1.54, 1.807) is 0 Å². The van der Waals surface area contributed by atoms with Crippen LogP contribution in [-0.4, -0.2) is 29.8 Å². The van der Waals surface area contributed by atoms with Crippen LogP contribution in [-0.2, 0) is 31.6 Å². The van der Waals surface area contributed by atoms with Gasteiger partial charge in [0.05, 0.1) is 13.9 Å². The Morgan fingerprint density at radius 2 is 1.77 bits per heavy atom. The van der Waals surface area contributed by atoms with Crippen molar-refractivity contribution in [2.45, 2.75) is 31.4 Å². The van der Waals surface area contributed by atoms with E-state index in [1.165, 1.54) is 6.92 Å². The van der Waals surface area contributed by atoms with E-state index in [1.807, 2.05) is 0 Å². The van der Waals surface area contributed by atoms with Crippen molar-refractivity contribution in [2.75, 3.05) is 6.61 Å². The van der Waals surface area contributed by atoms with Crippen LogP contribution >= 0.6 is 23.5 Å². The van der Waals surface area contributed by atoms with Crippen LogP contribution in [0.15, 0.2) is 0 Å². The van der Waals surface area contributed by atoms with Crippen LogP contribution in [0.25, 0.3) is 0 Å². The fraction of sp³-hybridized carbons (Fsp3) is 1.00. The van der Waals surface area contributed by atoms with Gasteiger partial charge >= 0.3 is 0 Å². The lowest BCUT2D eigenvalue weighted by molar-refractivity contribution is -0.339. The number of hydrogen-bond donors (Lipinski definition) is 1. The minimum atomic E-state index is -6.11. The second-order valence-corrected chi connectivity index (χ2v) is 8.49. The molecule has 1 N–H and O–H groups in total. The quantitative estimate of drug-likeness (QED) is 0.457. The highest BCUT2D eigenvalue weighted by atomic mass is 31.3. The molecular formula is C6H10FO12P3-4. The van der Waals surface area contributed by atoms with E-state index in [2.05, 4.69) is 17.9 Å². The van der Waals surface area contributed by atoms with E-state index in [9.17, 15) is 42.8 Å². The first-order chi connectivity index (χ1) is 9.64. The van der Waals surface area contributed by atoms with Gasteiger partial charge in [-0.05, 0) is 6.92 Å². The van der Waals surface area contributed by atoms with Gasteiger partial charge in [0, 0.05) is 6.42 Å². The molecule has 0 radical (unpaired) electrons. The summed E-state index contributed by atoms with van der Waals surface area (Å²) in [6.45, 7) is -0.0940. The number of ether oxygens (including phenoxy) is 1. The number of phosphoric acid groups is 3. The highest BCUT2D eigenvalue weighted by molar-refractivity contribution is 7.64. The second kappa shape index (κ2) is 6.64. The Morgan fingerprint density at radius 3 is 2.18 bits per heavy atom. The number of halogens is 1. The summed E-state index contributed by atoms with van der Waals surface area (Å²) in [5, 5.41) is 9.33. The summed E-state index contributed by atoms with van der Waals surface area (Å²) in [5.74, 6) is -2.94. The molecule has 1 fully saturated rings. The molecule has 0 amide bonds. The number of phosphoric ester groups is 1. The summed E-state index contributed by atoms with van der Waals surface area (Å²) in [6, 6.07) is 0. The molecule has 1 heterocycles.